The number of hydrogen-bond acceptors (Lipinski definition) is 4. The van der Waals surface area contributed by atoms with Crippen LogP contribution in [0.5, 0.6) is 0 Å². The molecule has 1 atom stereocenters. The second-order valence-corrected chi connectivity index (χ2v) is 4.97. The van der Waals surface area contributed by atoms with Gasteiger partial charge in [0.1, 0.15) is 11.9 Å². The molecule has 1 aromatic heterocycles. The maximum atomic E-state index is 9.17. The third-order valence-electron chi connectivity index (χ3n) is 3.53. The summed E-state index contributed by atoms with van der Waals surface area (Å²) in [6.07, 6.45) is 3.46. The van der Waals surface area contributed by atoms with E-state index in [0.29, 0.717) is 11.5 Å². The summed E-state index contributed by atoms with van der Waals surface area (Å²) < 4.78 is 0. The van der Waals surface area contributed by atoms with E-state index in [1.807, 2.05) is 19.1 Å². The number of pyridine rings is 1. The van der Waals surface area contributed by atoms with E-state index in [-0.39, 0.29) is 0 Å². The Bertz CT molecular complexity index is 448. The molecule has 0 aliphatic carbocycles. The highest BCUT2D eigenvalue weighted by molar-refractivity contribution is 5.54. The standard InChI is InChI=1S/C14H20N4/c1-11-4-5-13(9-16)14(17-11)18-8-2-3-12(10-18)6-7-15/h4-5,12H,2-3,6-8,10,15H2,1H3. The highest BCUT2D eigenvalue weighted by Crippen LogP contribution is 2.25. The van der Waals surface area contributed by atoms with E-state index < -0.39 is 0 Å². The van der Waals surface area contributed by atoms with Crippen LogP contribution in [0.4, 0.5) is 5.82 Å². The average molecular weight is 244 g/mol. The fourth-order valence-corrected chi connectivity index (χ4v) is 2.60. The van der Waals surface area contributed by atoms with E-state index >= 15 is 0 Å². The number of nitrogens with two attached hydrogens (primary N) is 1. The van der Waals surface area contributed by atoms with E-state index in [2.05, 4.69) is 16.0 Å². The number of aromatic nitrogens is 1. The van der Waals surface area contributed by atoms with Gasteiger partial charge in [-0.05, 0) is 50.8 Å². The van der Waals surface area contributed by atoms with Crippen molar-refractivity contribution in [3.63, 3.8) is 0 Å². The molecular weight excluding hydrogens is 224 g/mol. The van der Waals surface area contributed by atoms with Crippen molar-refractivity contribution >= 4 is 5.82 Å². The number of nitriles is 1. The number of aryl methyl sites for hydroxylation is 1. The van der Waals surface area contributed by atoms with Crippen LogP contribution in [0.2, 0.25) is 0 Å². The van der Waals surface area contributed by atoms with Crippen LogP contribution in [-0.4, -0.2) is 24.6 Å². The number of anilines is 1. The molecule has 2 rings (SSSR count). The van der Waals surface area contributed by atoms with Crippen molar-refractivity contribution in [3.05, 3.63) is 23.4 Å². The first-order valence-corrected chi connectivity index (χ1v) is 6.57. The van der Waals surface area contributed by atoms with E-state index in [9.17, 15) is 5.26 Å². The Balaban J connectivity index is 2.20. The highest BCUT2D eigenvalue weighted by atomic mass is 15.2. The first-order chi connectivity index (χ1) is 8.74. The summed E-state index contributed by atoms with van der Waals surface area (Å²) >= 11 is 0. The van der Waals surface area contributed by atoms with Crippen LogP contribution in [0, 0.1) is 24.2 Å². The molecule has 1 aliphatic heterocycles. The summed E-state index contributed by atoms with van der Waals surface area (Å²) in [5.41, 5.74) is 7.28. The zero-order chi connectivity index (χ0) is 13.0. The average Bonchev–Trinajstić information content (AvgIpc) is 2.39. The Morgan fingerprint density at radius 2 is 2.39 bits per heavy atom. The summed E-state index contributed by atoms with van der Waals surface area (Å²) in [4.78, 5) is 6.78. The zero-order valence-corrected chi connectivity index (χ0v) is 10.9. The van der Waals surface area contributed by atoms with Crippen molar-refractivity contribution in [2.45, 2.75) is 26.2 Å². The van der Waals surface area contributed by atoms with Gasteiger partial charge in [-0.3, -0.25) is 0 Å². The van der Waals surface area contributed by atoms with Gasteiger partial charge in [0.05, 0.1) is 5.56 Å². The molecule has 2 N–H and O–H groups in total. The minimum absolute atomic E-state index is 0.637. The van der Waals surface area contributed by atoms with Gasteiger partial charge in [0.2, 0.25) is 0 Å². The SMILES string of the molecule is Cc1ccc(C#N)c(N2CCCC(CCN)C2)n1. The highest BCUT2D eigenvalue weighted by Gasteiger charge is 2.22. The van der Waals surface area contributed by atoms with Crippen LogP contribution in [0.1, 0.15) is 30.5 Å². The molecule has 1 saturated heterocycles. The van der Waals surface area contributed by atoms with Crippen molar-refractivity contribution in [2.24, 2.45) is 11.7 Å². The van der Waals surface area contributed by atoms with Crippen LogP contribution in [0.15, 0.2) is 12.1 Å². The van der Waals surface area contributed by atoms with Crippen molar-refractivity contribution in [3.8, 4) is 6.07 Å². The molecule has 96 valence electrons. The predicted octanol–water partition coefficient (Wildman–Crippen LogP) is 1.83. The largest absolute Gasteiger partial charge is 0.355 e. The molecule has 1 aliphatic rings. The van der Waals surface area contributed by atoms with Crippen molar-refractivity contribution in [2.75, 3.05) is 24.5 Å². The van der Waals surface area contributed by atoms with Gasteiger partial charge in [-0.2, -0.15) is 5.26 Å². The second-order valence-electron chi connectivity index (χ2n) is 4.97. The Morgan fingerprint density at radius 1 is 1.56 bits per heavy atom. The van der Waals surface area contributed by atoms with Gasteiger partial charge in [0.15, 0.2) is 0 Å². The van der Waals surface area contributed by atoms with Gasteiger partial charge in [0.25, 0.3) is 0 Å². The normalized spacial score (nSPS) is 19.6. The lowest BCUT2D eigenvalue weighted by Crippen LogP contribution is -2.37. The van der Waals surface area contributed by atoms with E-state index in [4.69, 9.17) is 5.73 Å². The molecule has 0 bridgehead atoms. The molecule has 0 radical (unpaired) electrons. The molecule has 1 aromatic rings. The molecule has 1 fully saturated rings. The number of nitrogens with zero attached hydrogens (tertiary/aromatic N) is 3. The third-order valence-corrected chi connectivity index (χ3v) is 3.53. The van der Waals surface area contributed by atoms with Crippen molar-refractivity contribution < 1.29 is 0 Å². The summed E-state index contributed by atoms with van der Waals surface area (Å²) in [7, 11) is 0. The minimum atomic E-state index is 0.637. The lowest BCUT2D eigenvalue weighted by Gasteiger charge is -2.34. The van der Waals surface area contributed by atoms with Gasteiger partial charge in [-0.1, -0.05) is 0 Å². The molecule has 0 amide bonds. The van der Waals surface area contributed by atoms with Gasteiger partial charge in [0, 0.05) is 18.8 Å². The lowest BCUT2D eigenvalue weighted by atomic mass is 9.94. The quantitative estimate of drug-likeness (QED) is 0.881. The summed E-state index contributed by atoms with van der Waals surface area (Å²) in [6, 6.07) is 6.00. The predicted molar refractivity (Wildman–Crippen MR) is 72.3 cm³/mol. The summed E-state index contributed by atoms with van der Waals surface area (Å²) in [5.74, 6) is 1.48. The molecule has 4 heteroatoms. The van der Waals surface area contributed by atoms with Crippen LogP contribution in [0.3, 0.4) is 0 Å². The second kappa shape index (κ2) is 5.83. The maximum Gasteiger partial charge on any atom is 0.146 e. The van der Waals surface area contributed by atoms with Crippen LogP contribution in [-0.2, 0) is 0 Å². The van der Waals surface area contributed by atoms with Crippen LogP contribution < -0.4 is 10.6 Å². The molecular formula is C14H20N4. The number of rotatable bonds is 3. The summed E-state index contributed by atoms with van der Waals surface area (Å²) in [5, 5.41) is 9.17. The fraction of sp³-hybridized carbons (Fsp3) is 0.571. The van der Waals surface area contributed by atoms with Gasteiger partial charge in [-0.25, -0.2) is 4.98 Å². The number of piperidine rings is 1. The number of hydrogen-bond donors (Lipinski definition) is 1. The van der Waals surface area contributed by atoms with Gasteiger partial charge >= 0.3 is 0 Å². The van der Waals surface area contributed by atoms with E-state index in [1.165, 1.54) is 6.42 Å². The monoisotopic (exact) mass is 244 g/mol. The molecule has 4 nitrogen and oxygen atoms in total. The first kappa shape index (κ1) is 12.8. The fourth-order valence-electron chi connectivity index (χ4n) is 2.60. The third kappa shape index (κ3) is 2.80. The van der Waals surface area contributed by atoms with Crippen LogP contribution >= 0.6 is 0 Å². The van der Waals surface area contributed by atoms with E-state index in [0.717, 1.165) is 44.0 Å². The van der Waals surface area contributed by atoms with Crippen LogP contribution in [0.25, 0.3) is 0 Å². The Hall–Kier alpha value is -1.60. The van der Waals surface area contributed by atoms with Crippen molar-refractivity contribution in [1.82, 2.24) is 4.98 Å². The minimum Gasteiger partial charge on any atom is -0.355 e. The van der Waals surface area contributed by atoms with Crippen molar-refractivity contribution in [1.29, 1.82) is 5.26 Å². The molecule has 0 saturated carbocycles. The maximum absolute atomic E-state index is 9.17. The molecule has 2 heterocycles. The molecule has 1 unspecified atom stereocenters. The zero-order valence-electron chi connectivity index (χ0n) is 10.9. The molecule has 0 aromatic carbocycles. The molecule has 18 heavy (non-hydrogen) atoms. The first-order valence-electron chi connectivity index (χ1n) is 6.57. The Labute approximate surface area is 108 Å². The smallest absolute Gasteiger partial charge is 0.146 e. The van der Waals surface area contributed by atoms with Gasteiger partial charge in [-0.15, -0.1) is 0 Å². The topological polar surface area (TPSA) is 65.9 Å². The Morgan fingerprint density at radius 3 is 3.11 bits per heavy atom. The molecule has 0 spiro atoms. The Kier molecular flexibility index (Phi) is 4.16. The summed E-state index contributed by atoms with van der Waals surface area (Å²) in [6.45, 7) is 4.67. The van der Waals surface area contributed by atoms with E-state index in [1.54, 1.807) is 0 Å². The lowest BCUT2D eigenvalue weighted by molar-refractivity contribution is 0.394. The van der Waals surface area contributed by atoms with Gasteiger partial charge < -0.3 is 10.6 Å².